The van der Waals surface area contributed by atoms with Crippen LogP contribution in [0.4, 0.5) is 0 Å². The first-order chi connectivity index (χ1) is 6.75. The molecule has 2 rings (SSSR count). The van der Waals surface area contributed by atoms with Crippen LogP contribution in [0, 0.1) is 6.92 Å². The van der Waals surface area contributed by atoms with E-state index >= 15 is 0 Å². The van der Waals surface area contributed by atoms with Crippen molar-refractivity contribution >= 4 is 0 Å². The first-order valence-electron chi connectivity index (χ1n) is 5.07. The summed E-state index contributed by atoms with van der Waals surface area (Å²) >= 11 is 0. The minimum absolute atomic E-state index is 0.948. The molecule has 0 saturated carbocycles. The van der Waals surface area contributed by atoms with Gasteiger partial charge in [0.05, 0.1) is 6.20 Å². The molecular weight excluding hydrogens is 178 g/mol. The molecule has 0 unspecified atom stereocenters. The average molecular weight is 195 g/mol. The van der Waals surface area contributed by atoms with Gasteiger partial charge in [0.15, 0.2) is 0 Å². The minimum Gasteiger partial charge on any atom is -0.361 e. The van der Waals surface area contributed by atoms with Crippen LogP contribution in [-0.2, 0) is 6.54 Å². The Kier molecular flexibility index (Phi) is 2.84. The number of nitrogens with zero attached hydrogens (tertiary/aromatic N) is 3. The summed E-state index contributed by atoms with van der Waals surface area (Å²) in [5.74, 6) is 0.948. The van der Waals surface area contributed by atoms with Crippen molar-refractivity contribution in [2.45, 2.75) is 13.5 Å². The minimum atomic E-state index is 0.948. The van der Waals surface area contributed by atoms with Crippen LogP contribution in [0.5, 0.6) is 0 Å². The van der Waals surface area contributed by atoms with Crippen LogP contribution in [-0.4, -0.2) is 48.2 Å². The summed E-state index contributed by atoms with van der Waals surface area (Å²) in [6.07, 6.45) is 1.83. The molecule has 0 N–H and O–H groups in total. The van der Waals surface area contributed by atoms with E-state index in [0.29, 0.717) is 0 Å². The molecule has 0 atom stereocenters. The average Bonchev–Trinajstić information content (AvgIpc) is 2.56. The van der Waals surface area contributed by atoms with Gasteiger partial charge in [-0.1, -0.05) is 5.16 Å². The lowest BCUT2D eigenvalue weighted by Crippen LogP contribution is -2.43. The van der Waals surface area contributed by atoms with E-state index in [2.05, 4.69) is 22.0 Å². The summed E-state index contributed by atoms with van der Waals surface area (Å²) in [5, 5.41) is 3.79. The molecule has 0 amide bonds. The summed E-state index contributed by atoms with van der Waals surface area (Å²) in [4.78, 5) is 4.80. The molecule has 1 aliphatic rings. The lowest BCUT2D eigenvalue weighted by Gasteiger charge is -2.31. The summed E-state index contributed by atoms with van der Waals surface area (Å²) in [6.45, 7) is 7.54. The van der Waals surface area contributed by atoms with Crippen molar-refractivity contribution in [3.05, 3.63) is 17.5 Å². The first kappa shape index (κ1) is 9.68. The largest absolute Gasteiger partial charge is 0.361 e. The third-order valence-electron chi connectivity index (χ3n) is 2.84. The Hall–Kier alpha value is -0.870. The molecule has 1 fully saturated rings. The standard InChI is InChI=1S/C10H17N3O/c1-9-10(7-11-14-9)8-13-5-3-12(2)4-6-13/h7H,3-6,8H2,1-2H3. The smallest absolute Gasteiger partial charge is 0.138 e. The van der Waals surface area contributed by atoms with Crippen molar-refractivity contribution < 1.29 is 4.52 Å². The zero-order valence-corrected chi connectivity index (χ0v) is 8.86. The van der Waals surface area contributed by atoms with Crippen molar-refractivity contribution in [1.82, 2.24) is 15.0 Å². The van der Waals surface area contributed by atoms with E-state index in [1.807, 2.05) is 13.1 Å². The maximum absolute atomic E-state index is 5.04. The predicted octanol–water partition coefficient (Wildman–Crippen LogP) is 0.730. The number of rotatable bonds is 2. The van der Waals surface area contributed by atoms with Crippen LogP contribution < -0.4 is 0 Å². The Bertz CT molecular complexity index is 289. The molecular formula is C10H17N3O. The highest BCUT2D eigenvalue weighted by Gasteiger charge is 2.15. The number of likely N-dealkylation sites (N-methyl/N-ethyl adjacent to an activating group) is 1. The van der Waals surface area contributed by atoms with E-state index in [1.165, 1.54) is 5.56 Å². The van der Waals surface area contributed by atoms with Crippen LogP contribution in [0.25, 0.3) is 0 Å². The molecule has 0 radical (unpaired) electrons. The lowest BCUT2D eigenvalue weighted by molar-refractivity contribution is 0.147. The van der Waals surface area contributed by atoms with Gasteiger partial charge < -0.3 is 9.42 Å². The Morgan fingerprint density at radius 2 is 2.07 bits per heavy atom. The van der Waals surface area contributed by atoms with E-state index in [-0.39, 0.29) is 0 Å². The lowest BCUT2D eigenvalue weighted by atomic mass is 10.2. The summed E-state index contributed by atoms with van der Waals surface area (Å²) in [7, 11) is 2.17. The van der Waals surface area contributed by atoms with Crippen LogP contribution >= 0.6 is 0 Å². The molecule has 14 heavy (non-hydrogen) atoms. The summed E-state index contributed by atoms with van der Waals surface area (Å²) < 4.78 is 5.04. The Morgan fingerprint density at radius 3 is 2.64 bits per heavy atom. The van der Waals surface area contributed by atoms with Gasteiger partial charge in [-0.2, -0.15) is 0 Å². The maximum Gasteiger partial charge on any atom is 0.138 e. The number of aromatic nitrogens is 1. The number of aryl methyl sites for hydroxylation is 1. The molecule has 0 aliphatic carbocycles. The topological polar surface area (TPSA) is 32.5 Å². The molecule has 0 aromatic carbocycles. The Labute approximate surface area is 84.5 Å². The SMILES string of the molecule is Cc1oncc1CN1CCN(C)CC1. The van der Waals surface area contributed by atoms with E-state index < -0.39 is 0 Å². The monoisotopic (exact) mass is 195 g/mol. The molecule has 0 bridgehead atoms. The highest BCUT2D eigenvalue weighted by molar-refractivity contribution is 5.11. The van der Waals surface area contributed by atoms with Crippen molar-refractivity contribution in [3.8, 4) is 0 Å². The number of piperazine rings is 1. The molecule has 0 spiro atoms. The third-order valence-corrected chi connectivity index (χ3v) is 2.84. The van der Waals surface area contributed by atoms with Gasteiger partial charge in [-0.25, -0.2) is 0 Å². The number of hydrogen-bond acceptors (Lipinski definition) is 4. The second-order valence-electron chi connectivity index (χ2n) is 3.99. The van der Waals surface area contributed by atoms with Crippen LogP contribution in [0.1, 0.15) is 11.3 Å². The zero-order chi connectivity index (χ0) is 9.97. The van der Waals surface area contributed by atoms with Gasteiger partial charge in [0.25, 0.3) is 0 Å². The Balaban J connectivity index is 1.89. The van der Waals surface area contributed by atoms with Crippen LogP contribution in [0.15, 0.2) is 10.7 Å². The molecule has 1 aromatic heterocycles. The molecule has 4 nitrogen and oxygen atoms in total. The van der Waals surface area contributed by atoms with Gasteiger partial charge in [0.2, 0.25) is 0 Å². The van der Waals surface area contributed by atoms with E-state index in [9.17, 15) is 0 Å². The summed E-state index contributed by atoms with van der Waals surface area (Å²) in [5.41, 5.74) is 1.22. The second kappa shape index (κ2) is 4.11. The normalized spacial score (nSPS) is 20.1. The van der Waals surface area contributed by atoms with Crippen molar-refractivity contribution in [2.75, 3.05) is 33.2 Å². The van der Waals surface area contributed by atoms with Gasteiger partial charge in [-0.05, 0) is 14.0 Å². The maximum atomic E-state index is 5.04. The van der Waals surface area contributed by atoms with E-state index in [0.717, 1.165) is 38.5 Å². The fraction of sp³-hybridized carbons (Fsp3) is 0.700. The fourth-order valence-corrected chi connectivity index (χ4v) is 1.72. The van der Waals surface area contributed by atoms with Gasteiger partial charge >= 0.3 is 0 Å². The molecule has 2 heterocycles. The number of hydrogen-bond donors (Lipinski definition) is 0. The van der Waals surface area contributed by atoms with Gasteiger partial charge in [-0.3, -0.25) is 4.90 Å². The van der Waals surface area contributed by atoms with Crippen molar-refractivity contribution in [2.24, 2.45) is 0 Å². The van der Waals surface area contributed by atoms with Gasteiger partial charge in [-0.15, -0.1) is 0 Å². The fourth-order valence-electron chi connectivity index (χ4n) is 1.72. The molecule has 1 saturated heterocycles. The van der Waals surface area contributed by atoms with Crippen molar-refractivity contribution in [1.29, 1.82) is 0 Å². The van der Waals surface area contributed by atoms with E-state index in [1.54, 1.807) is 0 Å². The predicted molar refractivity (Wildman–Crippen MR) is 54.0 cm³/mol. The molecule has 1 aliphatic heterocycles. The quantitative estimate of drug-likeness (QED) is 0.696. The first-order valence-corrected chi connectivity index (χ1v) is 5.07. The summed E-state index contributed by atoms with van der Waals surface area (Å²) in [6, 6.07) is 0. The van der Waals surface area contributed by atoms with E-state index in [4.69, 9.17) is 4.52 Å². The van der Waals surface area contributed by atoms with Crippen molar-refractivity contribution in [3.63, 3.8) is 0 Å². The molecule has 78 valence electrons. The van der Waals surface area contributed by atoms with Gasteiger partial charge in [0.1, 0.15) is 5.76 Å². The van der Waals surface area contributed by atoms with Crippen LogP contribution in [0.2, 0.25) is 0 Å². The highest BCUT2D eigenvalue weighted by Crippen LogP contribution is 2.11. The molecule has 1 aromatic rings. The Morgan fingerprint density at radius 1 is 1.36 bits per heavy atom. The second-order valence-corrected chi connectivity index (χ2v) is 3.99. The van der Waals surface area contributed by atoms with Crippen LogP contribution in [0.3, 0.4) is 0 Å². The third kappa shape index (κ3) is 2.13. The zero-order valence-electron chi connectivity index (χ0n) is 8.86. The molecule has 4 heteroatoms. The van der Waals surface area contributed by atoms with Gasteiger partial charge in [0, 0.05) is 38.3 Å². The highest BCUT2D eigenvalue weighted by atomic mass is 16.5.